The van der Waals surface area contributed by atoms with E-state index in [0.717, 1.165) is 24.3 Å². The van der Waals surface area contributed by atoms with Crippen LogP contribution in [-0.2, 0) is 16.0 Å². The van der Waals surface area contributed by atoms with Gasteiger partial charge in [0.1, 0.15) is 11.5 Å². The summed E-state index contributed by atoms with van der Waals surface area (Å²) < 4.78 is 82.6. The molecule has 0 bridgehead atoms. The molecule has 3 aromatic carbocycles. The number of aliphatic hydroxyl groups is 1. The third kappa shape index (κ3) is 9.99. The smallest absolute Gasteiger partial charge is 0.479 e. The summed E-state index contributed by atoms with van der Waals surface area (Å²) in [6, 6.07) is 14.6. The van der Waals surface area contributed by atoms with Crippen LogP contribution in [-0.4, -0.2) is 53.4 Å². The van der Waals surface area contributed by atoms with Crippen molar-refractivity contribution >= 4 is 23.5 Å². The summed E-state index contributed by atoms with van der Waals surface area (Å²) in [5.41, 5.74) is 1.03. The van der Waals surface area contributed by atoms with Crippen molar-refractivity contribution in [3.05, 3.63) is 89.5 Å². The van der Waals surface area contributed by atoms with E-state index in [4.69, 9.17) is 5.11 Å². The number of aliphatic hydroxyl groups excluding tert-OH is 1. The topological polar surface area (TPSA) is 134 Å². The second kappa shape index (κ2) is 13.2. The fraction of sp³-hybridized carbons (Fsp3) is 0.222. The second-order valence-electron chi connectivity index (χ2n) is 8.70. The van der Waals surface area contributed by atoms with Crippen molar-refractivity contribution in [1.82, 2.24) is 5.32 Å². The number of hydrogen-bond donors (Lipinski definition) is 4. The number of amides is 2. The predicted molar refractivity (Wildman–Crippen MR) is 134 cm³/mol. The lowest BCUT2D eigenvalue weighted by atomic mass is 9.90. The van der Waals surface area contributed by atoms with Gasteiger partial charge in [-0.15, -0.1) is 26.3 Å². The molecule has 42 heavy (non-hydrogen) atoms. The molecular formula is C27H22F6N2O7. The first kappa shape index (κ1) is 31.7. The number of aliphatic carboxylic acids is 1. The zero-order valence-corrected chi connectivity index (χ0v) is 21.2. The number of carboxylic acid groups (broad SMARTS) is 1. The second-order valence-corrected chi connectivity index (χ2v) is 8.70. The summed E-state index contributed by atoms with van der Waals surface area (Å²) in [5, 5.41) is 22.8. The fourth-order valence-corrected chi connectivity index (χ4v) is 3.64. The van der Waals surface area contributed by atoms with Crippen molar-refractivity contribution < 1.29 is 60.4 Å². The van der Waals surface area contributed by atoms with Crippen LogP contribution < -0.4 is 20.1 Å². The van der Waals surface area contributed by atoms with Crippen molar-refractivity contribution in [1.29, 1.82) is 0 Å². The molecule has 0 heterocycles. The molecule has 0 fully saturated rings. The number of nitrogens with one attached hydrogen (secondary N) is 2. The molecule has 0 aromatic heterocycles. The third-order valence-corrected chi connectivity index (χ3v) is 5.58. The Hall–Kier alpha value is -4.79. The number of ether oxygens (including phenoxy) is 2. The molecule has 2 unspecified atom stereocenters. The van der Waals surface area contributed by atoms with Crippen molar-refractivity contribution in [2.24, 2.45) is 0 Å². The van der Waals surface area contributed by atoms with E-state index < -0.39 is 60.6 Å². The lowest BCUT2D eigenvalue weighted by Gasteiger charge is -2.19. The van der Waals surface area contributed by atoms with E-state index in [1.165, 1.54) is 48.5 Å². The highest BCUT2D eigenvalue weighted by Gasteiger charge is 2.32. The first-order valence-corrected chi connectivity index (χ1v) is 11.9. The van der Waals surface area contributed by atoms with Gasteiger partial charge in [0.15, 0.2) is 6.10 Å². The minimum Gasteiger partial charge on any atom is -0.479 e. The first-order chi connectivity index (χ1) is 19.6. The maximum absolute atomic E-state index is 13.3. The monoisotopic (exact) mass is 600 g/mol. The number of rotatable bonds is 11. The normalized spacial score (nSPS) is 13.0. The molecule has 0 saturated heterocycles. The van der Waals surface area contributed by atoms with E-state index in [1.807, 2.05) is 0 Å². The lowest BCUT2D eigenvalue weighted by molar-refractivity contribution is -0.275. The van der Waals surface area contributed by atoms with E-state index in [1.54, 1.807) is 0 Å². The minimum atomic E-state index is -4.93. The number of halogens is 6. The highest BCUT2D eigenvalue weighted by atomic mass is 19.4. The third-order valence-electron chi connectivity index (χ3n) is 5.58. The van der Waals surface area contributed by atoms with E-state index >= 15 is 0 Å². The van der Waals surface area contributed by atoms with Gasteiger partial charge in [-0.2, -0.15) is 0 Å². The Kier molecular flexibility index (Phi) is 10.0. The molecule has 0 aliphatic carbocycles. The molecule has 0 aliphatic heterocycles. The molecule has 15 heteroatoms. The van der Waals surface area contributed by atoms with Crippen LogP contribution in [0.2, 0.25) is 0 Å². The average molecular weight is 600 g/mol. The van der Waals surface area contributed by atoms with E-state index in [2.05, 4.69) is 20.1 Å². The number of carbonyl (C=O) groups is 3. The van der Waals surface area contributed by atoms with Crippen molar-refractivity contribution in [2.45, 2.75) is 31.2 Å². The zero-order chi connectivity index (χ0) is 31.1. The Bertz CT molecular complexity index is 1380. The van der Waals surface area contributed by atoms with E-state index in [9.17, 15) is 45.8 Å². The number of alkyl halides is 6. The van der Waals surface area contributed by atoms with Gasteiger partial charge in [-0.1, -0.05) is 24.3 Å². The number of anilines is 1. The predicted octanol–water partition coefficient (Wildman–Crippen LogP) is 4.62. The quantitative estimate of drug-likeness (QED) is 0.236. The molecule has 4 N–H and O–H groups in total. The van der Waals surface area contributed by atoms with Crippen molar-refractivity contribution in [2.75, 3.05) is 11.9 Å². The molecule has 2 atom stereocenters. The van der Waals surface area contributed by atoms with Gasteiger partial charge in [0.05, 0.1) is 12.5 Å². The number of benzene rings is 3. The molecule has 3 rings (SSSR count). The molecule has 224 valence electrons. The summed E-state index contributed by atoms with van der Waals surface area (Å²) in [5.74, 6) is -4.88. The van der Waals surface area contributed by atoms with Gasteiger partial charge in [-0.25, -0.2) is 4.79 Å². The molecule has 0 aliphatic rings. The summed E-state index contributed by atoms with van der Waals surface area (Å²) in [6.07, 6.45) is -11.7. The summed E-state index contributed by atoms with van der Waals surface area (Å²) in [7, 11) is 0. The van der Waals surface area contributed by atoms with E-state index in [-0.39, 0.29) is 23.2 Å². The average Bonchev–Trinajstić information content (AvgIpc) is 2.90. The van der Waals surface area contributed by atoms with Gasteiger partial charge in [0, 0.05) is 11.3 Å². The van der Waals surface area contributed by atoms with Crippen molar-refractivity contribution in [3.8, 4) is 11.5 Å². The van der Waals surface area contributed by atoms with Crippen LogP contribution in [0, 0.1) is 0 Å². The molecule has 0 saturated carbocycles. The molecule has 0 spiro atoms. The summed E-state index contributed by atoms with van der Waals surface area (Å²) in [4.78, 5) is 36.2. The van der Waals surface area contributed by atoms with Gasteiger partial charge in [-0.05, 0) is 66.1 Å². The number of hydrogen-bond acceptors (Lipinski definition) is 6. The van der Waals surface area contributed by atoms with Crippen LogP contribution in [0.1, 0.15) is 27.4 Å². The largest absolute Gasteiger partial charge is 0.573 e. The van der Waals surface area contributed by atoms with Crippen LogP contribution in [0.25, 0.3) is 0 Å². The fourth-order valence-electron chi connectivity index (χ4n) is 3.64. The van der Waals surface area contributed by atoms with Crippen LogP contribution >= 0.6 is 0 Å². The van der Waals surface area contributed by atoms with Gasteiger partial charge in [-0.3, -0.25) is 9.59 Å². The van der Waals surface area contributed by atoms with Gasteiger partial charge in [0.25, 0.3) is 5.91 Å². The highest BCUT2D eigenvalue weighted by Crippen LogP contribution is 2.29. The maximum Gasteiger partial charge on any atom is 0.573 e. The van der Waals surface area contributed by atoms with Gasteiger partial charge in [0.2, 0.25) is 5.91 Å². The Morgan fingerprint density at radius 1 is 0.762 bits per heavy atom. The summed E-state index contributed by atoms with van der Waals surface area (Å²) >= 11 is 0. The molecule has 2 amide bonds. The van der Waals surface area contributed by atoms with Crippen LogP contribution in [0.3, 0.4) is 0 Å². The SMILES string of the molecule is O=C(NCC(O)C(=O)O)c1ccc(CC(C(=O)Nc2ccc(OC(F)(F)F)cc2)c2ccc(OC(F)(F)F)cc2)cc1. The van der Waals surface area contributed by atoms with Crippen LogP contribution in [0.4, 0.5) is 32.0 Å². The van der Waals surface area contributed by atoms with Gasteiger partial charge >= 0.3 is 18.7 Å². The highest BCUT2D eigenvalue weighted by molar-refractivity contribution is 5.96. The number of carboxylic acids is 1. The van der Waals surface area contributed by atoms with Crippen LogP contribution in [0.15, 0.2) is 72.8 Å². The van der Waals surface area contributed by atoms with Gasteiger partial charge < -0.3 is 30.3 Å². The Labute approximate surface area is 233 Å². The molecule has 3 aromatic rings. The lowest BCUT2D eigenvalue weighted by Crippen LogP contribution is -2.36. The number of carbonyl (C=O) groups excluding carboxylic acids is 2. The first-order valence-electron chi connectivity index (χ1n) is 11.9. The Morgan fingerprint density at radius 3 is 1.74 bits per heavy atom. The van der Waals surface area contributed by atoms with Crippen LogP contribution in [0.5, 0.6) is 11.5 Å². The summed E-state index contributed by atoms with van der Waals surface area (Å²) in [6.45, 7) is -0.532. The molecule has 0 radical (unpaired) electrons. The maximum atomic E-state index is 13.3. The minimum absolute atomic E-state index is 0.0137. The van der Waals surface area contributed by atoms with Crippen molar-refractivity contribution in [3.63, 3.8) is 0 Å². The Balaban J connectivity index is 1.79. The Morgan fingerprint density at radius 2 is 1.26 bits per heavy atom. The molecular weight excluding hydrogens is 578 g/mol. The standard InChI is InChI=1S/C27H22F6N2O7/c28-26(29,30)41-19-9-5-16(6-10-19)21(24(38)35-18-7-11-20(12-8-18)42-27(31,32)33)13-15-1-3-17(4-2-15)23(37)34-14-22(36)25(39)40/h1-12,21-22,36H,13-14H2,(H,34,37)(H,35,38)(H,39,40). The zero-order valence-electron chi connectivity index (χ0n) is 21.2. The molecule has 9 nitrogen and oxygen atoms in total. The van der Waals surface area contributed by atoms with E-state index in [0.29, 0.717) is 5.56 Å².